The second-order valence-electron chi connectivity index (χ2n) is 5.15. The van der Waals surface area contributed by atoms with E-state index in [-0.39, 0.29) is 23.5 Å². The molecule has 1 amide bonds. The molecule has 140 valence electrons. The molecule has 0 atom stereocenters. The third kappa shape index (κ3) is 5.77. The molecule has 3 aromatic rings. The van der Waals surface area contributed by atoms with Gasteiger partial charge in [-0.3, -0.25) is 4.79 Å². The molecular formula is C17H12Cl3N3O3S. The Morgan fingerprint density at radius 1 is 1.07 bits per heavy atom. The maximum atomic E-state index is 12.1. The second-order valence-corrected chi connectivity index (χ2v) is 7.29. The maximum Gasteiger partial charge on any atom is 0.277 e. The smallest absolute Gasteiger partial charge is 0.277 e. The van der Waals surface area contributed by atoms with Crippen molar-refractivity contribution < 1.29 is 13.9 Å². The lowest BCUT2D eigenvalue weighted by Crippen LogP contribution is -2.14. The number of thioether (sulfide) groups is 1. The van der Waals surface area contributed by atoms with Gasteiger partial charge in [-0.05, 0) is 24.3 Å². The summed E-state index contributed by atoms with van der Waals surface area (Å²) in [5, 5.41) is 11.6. The molecule has 1 heterocycles. The summed E-state index contributed by atoms with van der Waals surface area (Å²) in [6.07, 6.45) is 0. The zero-order valence-corrected chi connectivity index (χ0v) is 16.7. The van der Waals surface area contributed by atoms with Crippen LogP contribution >= 0.6 is 46.6 Å². The van der Waals surface area contributed by atoms with Gasteiger partial charge in [-0.2, -0.15) is 0 Å². The molecule has 1 aromatic heterocycles. The van der Waals surface area contributed by atoms with Gasteiger partial charge in [0.25, 0.3) is 11.1 Å². The van der Waals surface area contributed by atoms with Gasteiger partial charge < -0.3 is 14.5 Å². The van der Waals surface area contributed by atoms with Gasteiger partial charge in [0.05, 0.1) is 26.5 Å². The first-order valence-corrected chi connectivity index (χ1v) is 9.70. The molecule has 0 fully saturated rings. The van der Waals surface area contributed by atoms with Gasteiger partial charge in [0.15, 0.2) is 6.61 Å². The Morgan fingerprint density at radius 2 is 1.81 bits per heavy atom. The number of halogens is 3. The summed E-state index contributed by atoms with van der Waals surface area (Å²) in [5.74, 6) is 0.759. The molecule has 27 heavy (non-hydrogen) atoms. The molecule has 0 saturated carbocycles. The first kappa shape index (κ1) is 19.8. The Morgan fingerprint density at radius 3 is 2.59 bits per heavy atom. The van der Waals surface area contributed by atoms with Crippen LogP contribution in [0.2, 0.25) is 15.1 Å². The van der Waals surface area contributed by atoms with E-state index in [1.807, 2.05) is 30.3 Å². The number of hydrogen-bond donors (Lipinski definition) is 1. The summed E-state index contributed by atoms with van der Waals surface area (Å²) in [7, 11) is 0. The van der Waals surface area contributed by atoms with E-state index in [2.05, 4.69) is 15.5 Å². The maximum absolute atomic E-state index is 12.1. The third-order valence-electron chi connectivity index (χ3n) is 3.16. The first-order chi connectivity index (χ1) is 13.0. The monoisotopic (exact) mass is 443 g/mol. The number of ether oxygens (including phenoxy) is 1. The van der Waals surface area contributed by atoms with Crippen LogP contribution < -0.4 is 10.1 Å². The fourth-order valence-electron chi connectivity index (χ4n) is 1.95. The molecule has 0 unspecified atom stereocenters. The Bertz CT molecular complexity index is 938. The van der Waals surface area contributed by atoms with E-state index in [4.69, 9.17) is 44.0 Å². The molecule has 0 spiro atoms. The largest absolute Gasteiger partial charge is 0.484 e. The van der Waals surface area contributed by atoms with Crippen LogP contribution in [0.4, 0.5) is 5.69 Å². The standard InChI is InChI=1S/C17H12Cl3N3O3S/c18-11-6-13(20)14(7-12(11)19)21-15(24)9-27-17-23-22-16(26-17)8-25-10-4-2-1-3-5-10/h1-7H,8-9H2,(H,21,24). The van der Waals surface area contributed by atoms with Crippen LogP contribution in [0.25, 0.3) is 0 Å². The predicted molar refractivity (Wildman–Crippen MR) is 106 cm³/mol. The summed E-state index contributed by atoms with van der Waals surface area (Å²) in [4.78, 5) is 12.1. The molecule has 0 radical (unpaired) electrons. The number of para-hydroxylation sites is 1. The van der Waals surface area contributed by atoms with Crippen molar-refractivity contribution in [3.05, 3.63) is 63.4 Å². The lowest BCUT2D eigenvalue weighted by Gasteiger charge is -2.08. The Hall–Kier alpha value is -1.93. The van der Waals surface area contributed by atoms with Crippen LogP contribution in [0, 0.1) is 0 Å². The van der Waals surface area contributed by atoms with Crippen LogP contribution in [-0.2, 0) is 11.4 Å². The van der Waals surface area contributed by atoms with E-state index in [1.54, 1.807) is 0 Å². The Kier molecular flexibility index (Phi) is 6.84. The number of nitrogens with zero attached hydrogens (tertiary/aromatic N) is 2. The second kappa shape index (κ2) is 9.32. The minimum Gasteiger partial charge on any atom is -0.484 e. The molecule has 0 aliphatic rings. The van der Waals surface area contributed by atoms with E-state index in [1.165, 1.54) is 12.1 Å². The minimum absolute atomic E-state index is 0.0533. The normalized spacial score (nSPS) is 10.6. The van der Waals surface area contributed by atoms with E-state index in [0.717, 1.165) is 11.8 Å². The van der Waals surface area contributed by atoms with Gasteiger partial charge >= 0.3 is 0 Å². The summed E-state index contributed by atoms with van der Waals surface area (Å²) in [6.45, 7) is 0.142. The molecule has 0 bridgehead atoms. The van der Waals surface area contributed by atoms with Crippen molar-refractivity contribution in [2.45, 2.75) is 11.8 Å². The van der Waals surface area contributed by atoms with Crippen molar-refractivity contribution in [2.75, 3.05) is 11.1 Å². The summed E-state index contributed by atoms with van der Waals surface area (Å²) in [6, 6.07) is 12.2. The van der Waals surface area contributed by atoms with Crippen LogP contribution in [-0.4, -0.2) is 21.9 Å². The number of carbonyl (C=O) groups excluding carboxylic acids is 1. The first-order valence-electron chi connectivity index (χ1n) is 7.58. The van der Waals surface area contributed by atoms with Crippen LogP contribution in [0.3, 0.4) is 0 Å². The highest BCUT2D eigenvalue weighted by Crippen LogP contribution is 2.32. The number of benzene rings is 2. The lowest BCUT2D eigenvalue weighted by molar-refractivity contribution is -0.113. The highest BCUT2D eigenvalue weighted by molar-refractivity contribution is 7.99. The molecule has 6 nitrogen and oxygen atoms in total. The average Bonchev–Trinajstić information content (AvgIpc) is 3.12. The molecule has 1 N–H and O–H groups in total. The molecule has 3 rings (SSSR count). The molecule has 0 aliphatic carbocycles. The fraction of sp³-hybridized carbons (Fsp3) is 0.118. The van der Waals surface area contributed by atoms with Gasteiger partial charge in [-0.1, -0.05) is 64.8 Å². The number of aromatic nitrogens is 2. The van der Waals surface area contributed by atoms with Gasteiger partial charge in [-0.25, -0.2) is 0 Å². The fourth-order valence-corrected chi connectivity index (χ4v) is 3.12. The number of hydrogen-bond acceptors (Lipinski definition) is 6. The number of carbonyl (C=O) groups is 1. The molecule has 2 aromatic carbocycles. The van der Waals surface area contributed by atoms with Crippen molar-refractivity contribution >= 4 is 58.2 Å². The van der Waals surface area contributed by atoms with Crippen molar-refractivity contribution in [3.63, 3.8) is 0 Å². The third-order valence-corrected chi connectivity index (χ3v) is 5.02. The van der Waals surface area contributed by atoms with Gasteiger partial charge in [0.2, 0.25) is 5.91 Å². The molecule has 10 heteroatoms. The van der Waals surface area contributed by atoms with Crippen molar-refractivity contribution in [1.29, 1.82) is 0 Å². The Balaban J connectivity index is 1.49. The van der Waals surface area contributed by atoms with Crippen molar-refractivity contribution in [2.24, 2.45) is 0 Å². The predicted octanol–water partition coefficient (Wildman–Crippen LogP) is 5.34. The highest BCUT2D eigenvalue weighted by Gasteiger charge is 2.13. The van der Waals surface area contributed by atoms with Crippen molar-refractivity contribution in [3.8, 4) is 5.75 Å². The van der Waals surface area contributed by atoms with Crippen LogP contribution in [0.1, 0.15) is 5.89 Å². The number of nitrogens with one attached hydrogen (secondary N) is 1. The van der Waals surface area contributed by atoms with Crippen LogP contribution in [0.15, 0.2) is 52.1 Å². The highest BCUT2D eigenvalue weighted by atomic mass is 35.5. The van der Waals surface area contributed by atoms with Gasteiger partial charge in [0, 0.05) is 0 Å². The van der Waals surface area contributed by atoms with Crippen molar-refractivity contribution in [1.82, 2.24) is 10.2 Å². The number of amides is 1. The lowest BCUT2D eigenvalue weighted by atomic mass is 10.3. The zero-order chi connectivity index (χ0) is 19.2. The number of rotatable bonds is 7. The average molecular weight is 445 g/mol. The molecular weight excluding hydrogens is 433 g/mol. The van der Waals surface area contributed by atoms with Gasteiger partial charge in [0.1, 0.15) is 5.75 Å². The minimum atomic E-state index is -0.305. The van der Waals surface area contributed by atoms with Gasteiger partial charge in [-0.15, -0.1) is 10.2 Å². The molecule has 0 saturated heterocycles. The molecule has 0 aliphatic heterocycles. The number of anilines is 1. The van der Waals surface area contributed by atoms with E-state index in [0.29, 0.717) is 32.4 Å². The summed E-state index contributed by atoms with van der Waals surface area (Å²) in [5.41, 5.74) is 0.374. The van der Waals surface area contributed by atoms with E-state index >= 15 is 0 Å². The van der Waals surface area contributed by atoms with E-state index < -0.39 is 0 Å². The van der Waals surface area contributed by atoms with Crippen LogP contribution in [0.5, 0.6) is 5.75 Å². The quantitative estimate of drug-likeness (QED) is 0.391. The summed E-state index contributed by atoms with van der Waals surface area (Å²) >= 11 is 18.9. The van der Waals surface area contributed by atoms with E-state index in [9.17, 15) is 4.79 Å². The SMILES string of the molecule is O=C(CSc1nnc(COc2ccccc2)o1)Nc1cc(Cl)c(Cl)cc1Cl. The topological polar surface area (TPSA) is 77.2 Å². The Labute approximate surface area is 174 Å². The zero-order valence-electron chi connectivity index (χ0n) is 13.6. The summed E-state index contributed by atoms with van der Waals surface area (Å²) < 4.78 is 11.0.